The lowest BCUT2D eigenvalue weighted by molar-refractivity contribution is -0.271. The number of aliphatic hydroxyl groups is 2. The third-order valence-corrected chi connectivity index (χ3v) is 2.49. The van der Waals surface area contributed by atoms with Crippen molar-refractivity contribution in [1.29, 1.82) is 0 Å². The summed E-state index contributed by atoms with van der Waals surface area (Å²) in [6.07, 6.45) is -2.50. The fourth-order valence-corrected chi connectivity index (χ4v) is 1.36. The van der Waals surface area contributed by atoms with Crippen LogP contribution in [-0.2, 0) is 9.47 Å². The van der Waals surface area contributed by atoms with E-state index in [-0.39, 0.29) is 12.0 Å². The zero-order chi connectivity index (χ0) is 9.30. The molecule has 0 aromatic rings. The first-order valence-electron chi connectivity index (χ1n) is 4.12. The highest BCUT2D eigenvalue weighted by atomic mass is 16.7. The van der Waals surface area contributed by atoms with E-state index >= 15 is 0 Å². The predicted molar refractivity (Wildman–Crippen MR) is 42.5 cm³/mol. The van der Waals surface area contributed by atoms with Crippen molar-refractivity contribution in [3.63, 3.8) is 0 Å². The minimum atomic E-state index is -0.943. The van der Waals surface area contributed by atoms with Crippen LogP contribution >= 0.6 is 0 Å². The van der Waals surface area contributed by atoms with E-state index in [1.807, 2.05) is 13.8 Å². The molecule has 0 aromatic heterocycles. The van der Waals surface area contributed by atoms with Crippen molar-refractivity contribution < 1.29 is 19.7 Å². The van der Waals surface area contributed by atoms with E-state index in [9.17, 15) is 10.2 Å². The molecule has 1 saturated heterocycles. The van der Waals surface area contributed by atoms with E-state index in [1.165, 1.54) is 7.11 Å². The van der Waals surface area contributed by atoms with Crippen LogP contribution in [0.3, 0.4) is 0 Å². The van der Waals surface area contributed by atoms with E-state index in [4.69, 9.17) is 9.47 Å². The van der Waals surface area contributed by atoms with Crippen LogP contribution in [0.15, 0.2) is 0 Å². The molecule has 1 aliphatic heterocycles. The molecule has 1 heterocycles. The smallest absolute Gasteiger partial charge is 0.185 e. The number of hydrogen-bond acceptors (Lipinski definition) is 4. The summed E-state index contributed by atoms with van der Waals surface area (Å²) in [6, 6.07) is 0. The number of rotatable bonds is 1. The van der Waals surface area contributed by atoms with Crippen molar-refractivity contribution in [3.8, 4) is 0 Å². The molecule has 2 N–H and O–H groups in total. The first-order chi connectivity index (χ1) is 5.57. The van der Waals surface area contributed by atoms with Gasteiger partial charge in [-0.25, -0.2) is 0 Å². The number of aliphatic hydroxyl groups excluding tert-OH is 2. The van der Waals surface area contributed by atoms with Gasteiger partial charge in [0.1, 0.15) is 6.10 Å². The van der Waals surface area contributed by atoms with Gasteiger partial charge in [-0.1, -0.05) is 6.92 Å². The normalized spacial score (nSPS) is 49.2. The second-order valence-corrected chi connectivity index (χ2v) is 3.29. The lowest BCUT2D eigenvalue weighted by atomic mass is 9.92. The van der Waals surface area contributed by atoms with Crippen molar-refractivity contribution in [1.82, 2.24) is 0 Å². The molecular formula is C8H16O4. The molecule has 12 heavy (non-hydrogen) atoms. The van der Waals surface area contributed by atoms with Gasteiger partial charge in [-0.3, -0.25) is 0 Å². The number of methoxy groups -OCH3 is 1. The summed E-state index contributed by atoms with van der Waals surface area (Å²) in [5.74, 6) is -0.0635. The Morgan fingerprint density at radius 1 is 1.17 bits per heavy atom. The summed E-state index contributed by atoms with van der Waals surface area (Å²) in [5, 5.41) is 18.9. The van der Waals surface area contributed by atoms with Gasteiger partial charge in [0, 0.05) is 13.0 Å². The Kier molecular flexibility index (Phi) is 3.06. The molecule has 1 rings (SSSR count). The van der Waals surface area contributed by atoms with Gasteiger partial charge in [0.05, 0.1) is 12.2 Å². The number of ether oxygens (including phenoxy) is 2. The maximum Gasteiger partial charge on any atom is 0.185 e. The predicted octanol–water partition coefficient (Wildman–Crippen LogP) is -0.264. The molecule has 0 saturated carbocycles. The van der Waals surface area contributed by atoms with E-state index < -0.39 is 18.5 Å². The second-order valence-electron chi connectivity index (χ2n) is 3.29. The molecule has 0 spiro atoms. The first kappa shape index (κ1) is 9.92. The summed E-state index contributed by atoms with van der Waals surface area (Å²) in [7, 11) is 1.45. The Balaban J connectivity index is 2.63. The first-order valence-corrected chi connectivity index (χ1v) is 4.12. The van der Waals surface area contributed by atoms with Gasteiger partial charge >= 0.3 is 0 Å². The fourth-order valence-electron chi connectivity index (χ4n) is 1.36. The standard InChI is InChI=1S/C8H16O4/c1-4-5(2)12-8(11-3)7(10)6(4)9/h4-10H,1-3H3/t4-,5-,6+,7+,8+/m0/s1. The molecule has 0 unspecified atom stereocenters. The number of hydrogen-bond donors (Lipinski definition) is 2. The van der Waals surface area contributed by atoms with Gasteiger partial charge in [-0.15, -0.1) is 0 Å². The third-order valence-electron chi connectivity index (χ3n) is 2.49. The monoisotopic (exact) mass is 176 g/mol. The zero-order valence-corrected chi connectivity index (χ0v) is 7.60. The minimum absolute atomic E-state index is 0.0635. The lowest BCUT2D eigenvalue weighted by Crippen LogP contribution is -2.53. The van der Waals surface area contributed by atoms with Crippen LogP contribution in [0.25, 0.3) is 0 Å². The SMILES string of the molecule is CO[C@@H]1O[C@@H](C)[C@H](C)[C@@H](O)[C@H]1O. The summed E-state index contributed by atoms with van der Waals surface area (Å²) in [6.45, 7) is 3.69. The van der Waals surface area contributed by atoms with E-state index in [2.05, 4.69) is 0 Å². The van der Waals surface area contributed by atoms with Gasteiger partial charge in [0.2, 0.25) is 0 Å². The largest absolute Gasteiger partial charge is 0.390 e. The van der Waals surface area contributed by atoms with Gasteiger partial charge in [-0.2, -0.15) is 0 Å². The van der Waals surface area contributed by atoms with Crippen LogP contribution in [-0.4, -0.2) is 41.9 Å². The molecule has 1 aliphatic rings. The molecule has 4 heteroatoms. The van der Waals surface area contributed by atoms with Crippen LogP contribution < -0.4 is 0 Å². The summed E-state index contributed by atoms with van der Waals surface area (Å²) in [4.78, 5) is 0. The van der Waals surface area contributed by atoms with Crippen LogP contribution in [0.1, 0.15) is 13.8 Å². The summed E-state index contributed by atoms with van der Waals surface area (Å²) in [5.41, 5.74) is 0. The average molecular weight is 176 g/mol. The van der Waals surface area contributed by atoms with Crippen LogP contribution in [0.2, 0.25) is 0 Å². The van der Waals surface area contributed by atoms with Gasteiger partial charge in [-0.05, 0) is 6.92 Å². The van der Waals surface area contributed by atoms with E-state index in [1.54, 1.807) is 0 Å². The van der Waals surface area contributed by atoms with Crippen molar-refractivity contribution in [2.24, 2.45) is 5.92 Å². The molecule has 0 aliphatic carbocycles. The molecule has 72 valence electrons. The molecule has 0 radical (unpaired) electrons. The van der Waals surface area contributed by atoms with E-state index in [0.29, 0.717) is 0 Å². The lowest BCUT2D eigenvalue weighted by Gasteiger charge is -2.39. The Hall–Kier alpha value is -0.160. The van der Waals surface area contributed by atoms with Crippen molar-refractivity contribution in [2.45, 2.75) is 38.4 Å². The Labute approximate surface area is 72.1 Å². The van der Waals surface area contributed by atoms with Crippen LogP contribution in [0, 0.1) is 5.92 Å². The second kappa shape index (κ2) is 3.70. The summed E-state index contributed by atoms with van der Waals surface area (Å²) < 4.78 is 10.2. The minimum Gasteiger partial charge on any atom is -0.390 e. The molecule has 1 fully saturated rings. The van der Waals surface area contributed by atoms with Gasteiger partial charge in [0.25, 0.3) is 0 Å². The van der Waals surface area contributed by atoms with Gasteiger partial charge < -0.3 is 19.7 Å². The fraction of sp³-hybridized carbons (Fsp3) is 1.00. The third kappa shape index (κ3) is 1.61. The highest BCUT2D eigenvalue weighted by molar-refractivity contribution is 4.84. The van der Waals surface area contributed by atoms with E-state index in [0.717, 1.165) is 0 Å². The molecule has 5 atom stereocenters. The van der Waals surface area contributed by atoms with Crippen LogP contribution in [0.5, 0.6) is 0 Å². The Morgan fingerprint density at radius 2 is 1.75 bits per heavy atom. The Bertz CT molecular complexity index is 145. The summed E-state index contributed by atoms with van der Waals surface area (Å²) >= 11 is 0. The molecule has 0 bridgehead atoms. The molecule has 0 amide bonds. The van der Waals surface area contributed by atoms with Crippen molar-refractivity contribution >= 4 is 0 Å². The van der Waals surface area contributed by atoms with Crippen LogP contribution in [0.4, 0.5) is 0 Å². The molecule has 0 aromatic carbocycles. The molecule has 4 nitrogen and oxygen atoms in total. The quantitative estimate of drug-likeness (QED) is 0.577. The topological polar surface area (TPSA) is 58.9 Å². The maximum absolute atomic E-state index is 9.51. The molecular weight excluding hydrogens is 160 g/mol. The highest BCUT2D eigenvalue weighted by Crippen LogP contribution is 2.25. The van der Waals surface area contributed by atoms with Crippen molar-refractivity contribution in [3.05, 3.63) is 0 Å². The Morgan fingerprint density at radius 3 is 2.25 bits per heavy atom. The van der Waals surface area contributed by atoms with Gasteiger partial charge in [0.15, 0.2) is 6.29 Å². The average Bonchev–Trinajstić information content (AvgIpc) is 2.08. The maximum atomic E-state index is 9.51. The highest BCUT2D eigenvalue weighted by Gasteiger charge is 2.40. The zero-order valence-electron chi connectivity index (χ0n) is 7.60. The van der Waals surface area contributed by atoms with Crippen molar-refractivity contribution in [2.75, 3.05) is 7.11 Å².